The predicted molar refractivity (Wildman–Crippen MR) is 81.3 cm³/mol. The lowest BCUT2D eigenvalue weighted by atomic mass is 10.3. The summed E-state index contributed by atoms with van der Waals surface area (Å²) >= 11 is 1.42. The third-order valence-corrected chi connectivity index (χ3v) is 4.98. The number of nitrogens with two attached hydrogens (primary N) is 1. The fraction of sp³-hybridized carbons (Fsp3) is 0.500. The van der Waals surface area contributed by atoms with Gasteiger partial charge < -0.3 is 15.6 Å². The van der Waals surface area contributed by atoms with Crippen molar-refractivity contribution in [3.8, 4) is 0 Å². The Morgan fingerprint density at radius 2 is 2.25 bits per heavy atom. The number of methoxy groups -OCH3 is 1. The summed E-state index contributed by atoms with van der Waals surface area (Å²) in [6.45, 7) is 0.0552. The van der Waals surface area contributed by atoms with Crippen molar-refractivity contribution < 1.29 is 18.3 Å². The van der Waals surface area contributed by atoms with Crippen molar-refractivity contribution in [2.75, 3.05) is 37.5 Å². The Bertz CT molecular complexity index is 508. The molecule has 0 amide bonds. The highest BCUT2D eigenvalue weighted by atomic mass is 32.2. The van der Waals surface area contributed by atoms with E-state index in [1.807, 2.05) is 12.1 Å². The van der Waals surface area contributed by atoms with Crippen LogP contribution in [0.1, 0.15) is 0 Å². The Morgan fingerprint density at radius 3 is 2.90 bits per heavy atom. The lowest BCUT2D eigenvalue weighted by Gasteiger charge is -2.11. The summed E-state index contributed by atoms with van der Waals surface area (Å²) in [5, 5.41) is 9.38. The summed E-state index contributed by atoms with van der Waals surface area (Å²) in [5.74, 6) is 0.394. The first-order valence-corrected chi connectivity index (χ1v) is 8.69. The predicted octanol–water partition coefficient (Wildman–Crippen LogP) is 0.288. The number of anilines is 1. The number of rotatable bonds is 9. The van der Waals surface area contributed by atoms with Crippen LogP contribution in [0, 0.1) is 0 Å². The van der Waals surface area contributed by atoms with Gasteiger partial charge >= 0.3 is 0 Å². The maximum absolute atomic E-state index is 11.7. The number of sulfonamides is 1. The van der Waals surface area contributed by atoms with E-state index in [1.165, 1.54) is 18.9 Å². The fourth-order valence-corrected chi connectivity index (χ4v) is 3.85. The zero-order valence-electron chi connectivity index (χ0n) is 11.3. The number of ether oxygens (including phenoxy) is 1. The van der Waals surface area contributed by atoms with Crippen LogP contribution in [0.4, 0.5) is 5.69 Å². The molecule has 0 aliphatic rings. The van der Waals surface area contributed by atoms with Crippen LogP contribution >= 0.6 is 11.8 Å². The fourth-order valence-electron chi connectivity index (χ4n) is 1.42. The maximum Gasteiger partial charge on any atom is 0.212 e. The van der Waals surface area contributed by atoms with Gasteiger partial charge in [0.2, 0.25) is 10.0 Å². The van der Waals surface area contributed by atoms with Crippen molar-refractivity contribution in [1.82, 2.24) is 4.72 Å². The summed E-state index contributed by atoms with van der Waals surface area (Å²) in [7, 11) is -1.95. The molecule has 4 N–H and O–H groups in total. The van der Waals surface area contributed by atoms with Crippen LogP contribution < -0.4 is 10.5 Å². The number of nitrogen functional groups attached to an aromatic ring is 1. The zero-order valence-corrected chi connectivity index (χ0v) is 12.9. The van der Waals surface area contributed by atoms with Crippen molar-refractivity contribution in [2.24, 2.45) is 0 Å². The standard InChI is InChI=1S/C12H20N2O4S2/c1-18-9-11(15)8-14-20(16,17)6-5-19-12-4-2-3-10(13)7-12/h2-4,7,11,14-15H,5-6,8-9,13H2,1H3. The van der Waals surface area contributed by atoms with E-state index in [-0.39, 0.29) is 18.9 Å². The Hall–Kier alpha value is -0.800. The molecule has 1 atom stereocenters. The Kier molecular flexibility index (Phi) is 7.31. The van der Waals surface area contributed by atoms with Gasteiger partial charge in [-0.15, -0.1) is 11.8 Å². The van der Waals surface area contributed by atoms with Gasteiger partial charge in [-0.05, 0) is 18.2 Å². The van der Waals surface area contributed by atoms with Crippen LogP contribution in [0.3, 0.4) is 0 Å². The SMILES string of the molecule is COCC(O)CNS(=O)(=O)CCSc1cccc(N)c1. The van der Waals surface area contributed by atoms with E-state index in [0.29, 0.717) is 11.4 Å². The molecular weight excluding hydrogens is 300 g/mol. The van der Waals surface area contributed by atoms with E-state index in [1.54, 1.807) is 12.1 Å². The second-order valence-corrected chi connectivity index (χ2v) is 7.29. The molecule has 114 valence electrons. The van der Waals surface area contributed by atoms with Crippen molar-refractivity contribution in [3.05, 3.63) is 24.3 Å². The molecule has 0 fully saturated rings. The Labute approximate surface area is 123 Å². The molecule has 0 aliphatic heterocycles. The summed E-state index contributed by atoms with van der Waals surface area (Å²) < 4.78 is 30.5. The van der Waals surface area contributed by atoms with Gasteiger partial charge in [0.15, 0.2) is 0 Å². The number of hydrogen-bond acceptors (Lipinski definition) is 6. The lowest BCUT2D eigenvalue weighted by molar-refractivity contribution is 0.0679. The smallest absolute Gasteiger partial charge is 0.212 e. The van der Waals surface area contributed by atoms with E-state index in [2.05, 4.69) is 4.72 Å². The topological polar surface area (TPSA) is 102 Å². The molecule has 0 saturated heterocycles. The van der Waals surface area contributed by atoms with Gasteiger partial charge in [0, 0.05) is 30.0 Å². The van der Waals surface area contributed by atoms with Crippen molar-refractivity contribution in [2.45, 2.75) is 11.0 Å². The van der Waals surface area contributed by atoms with Gasteiger partial charge in [-0.1, -0.05) is 6.07 Å². The second kappa shape index (κ2) is 8.48. The minimum Gasteiger partial charge on any atom is -0.399 e. The van der Waals surface area contributed by atoms with Gasteiger partial charge in [-0.25, -0.2) is 13.1 Å². The summed E-state index contributed by atoms with van der Waals surface area (Å²) in [5.41, 5.74) is 6.29. The third-order valence-electron chi connectivity index (χ3n) is 2.38. The minimum absolute atomic E-state index is 0.0217. The molecule has 8 heteroatoms. The monoisotopic (exact) mass is 320 g/mol. The number of benzene rings is 1. The van der Waals surface area contributed by atoms with E-state index in [4.69, 9.17) is 10.5 Å². The average Bonchev–Trinajstić information content (AvgIpc) is 2.37. The molecule has 1 unspecified atom stereocenters. The molecule has 0 spiro atoms. The summed E-state index contributed by atoms with van der Waals surface area (Å²) in [4.78, 5) is 0.930. The molecule has 0 aromatic heterocycles. The normalized spacial score (nSPS) is 13.3. The van der Waals surface area contributed by atoms with E-state index in [0.717, 1.165) is 4.90 Å². The molecular formula is C12H20N2O4S2. The highest BCUT2D eigenvalue weighted by Crippen LogP contribution is 2.20. The molecule has 0 saturated carbocycles. The van der Waals surface area contributed by atoms with Gasteiger partial charge in [-0.2, -0.15) is 0 Å². The van der Waals surface area contributed by atoms with Crippen LogP contribution in [0.5, 0.6) is 0 Å². The van der Waals surface area contributed by atoms with Crippen LogP contribution in [0.25, 0.3) is 0 Å². The molecule has 0 aliphatic carbocycles. The zero-order chi connectivity index (χ0) is 15.0. The quantitative estimate of drug-likeness (QED) is 0.446. The number of aliphatic hydroxyl groups excluding tert-OH is 1. The van der Waals surface area contributed by atoms with Crippen LogP contribution in [-0.4, -0.2) is 51.4 Å². The van der Waals surface area contributed by atoms with Gasteiger partial charge in [0.1, 0.15) is 0 Å². The first kappa shape index (κ1) is 17.3. The molecule has 6 nitrogen and oxygen atoms in total. The van der Waals surface area contributed by atoms with Gasteiger partial charge in [0.05, 0.1) is 18.5 Å². The highest BCUT2D eigenvalue weighted by Gasteiger charge is 2.12. The first-order chi connectivity index (χ1) is 9.43. The van der Waals surface area contributed by atoms with Crippen molar-refractivity contribution >= 4 is 27.5 Å². The lowest BCUT2D eigenvalue weighted by Crippen LogP contribution is -2.36. The van der Waals surface area contributed by atoms with Gasteiger partial charge in [-0.3, -0.25) is 0 Å². The van der Waals surface area contributed by atoms with Crippen LogP contribution in [-0.2, 0) is 14.8 Å². The maximum atomic E-state index is 11.7. The van der Waals surface area contributed by atoms with Crippen molar-refractivity contribution in [3.63, 3.8) is 0 Å². The number of hydrogen-bond donors (Lipinski definition) is 3. The minimum atomic E-state index is -3.39. The molecule has 0 bridgehead atoms. The van der Waals surface area contributed by atoms with Crippen LogP contribution in [0.15, 0.2) is 29.2 Å². The highest BCUT2D eigenvalue weighted by molar-refractivity contribution is 8.00. The van der Waals surface area contributed by atoms with E-state index in [9.17, 15) is 13.5 Å². The molecule has 1 aromatic carbocycles. The number of nitrogens with one attached hydrogen (secondary N) is 1. The van der Waals surface area contributed by atoms with Gasteiger partial charge in [0.25, 0.3) is 0 Å². The molecule has 1 aromatic rings. The van der Waals surface area contributed by atoms with E-state index < -0.39 is 16.1 Å². The largest absolute Gasteiger partial charge is 0.399 e. The number of thioether (sulfide) groups is 1. The average molecular weight is 320 g/mol. The summed E-state index contributed by atoms with van der Waals surface area (Å²) in [6, 6.07) is 7.28. The third kappa shape index (κ3) is 7.11. The Balaban J connectivity index is 2.32. The molecule has 20 heavy (non-hydrogen) atoms. The van der Waals surface area contributed by atoms with E-state index >= 15 is 0 Å². The van der Waals surface area contributed by atoms with Crippen molar-refractivity contribution in [1.29, 1.82) is 0 Å². The number of aliphatic hydroxyl groups is 1. The first-order valence-electron chi connectivity index (χ1n) is 6.05. The second-order valence-electron chi connectivity index (χ2n) is 4.20. The van der Waals surface area contributed by atoms with Crippen LogP contribution in [0.2, 0.25) is 0 Å². The molecule has 1 rings (SSSR count). The molecule has 0 heterocycles. The molecule has 0 radical (unpaired) electrons. The Morgan fingerprint density at radius 1 is 1.50 bits per heavy atom. The summed E-state index contributed by atoms with van der Waals surface area (Å²) in [6.07, 6.45) is -0.837.